The average molecular weight is 373 g/mol. The molecule has 2 aromatic rings. The topological polar surface area (TPSA) is 83.1 Å². The Hall–Kier alpha value is -3.22. The molecule has 7 nitrogen and oxygen atoms in total. The predicted octanol–water partition coefficient (Wildman–Crippen LogP) is 2.23. The number of nitrogens with one attached hydrogen (secondary N) is 1. The number of ether oxygens (including phenoxy) is 4. The van der Waals surface area contributed by atoms with Crippen LogP contribution in [0.5, 0.6) is 17.2 Å². The molecule has 0 spiro atoms. The fourth-order valence-electron chi connectivity index (χ4n) is 2.64. The number of carbonyl (C=O) groups is 2. The van der Waals surface area contributed by atoms with Crippen LogP contribution < -0.4 is 19.5 Å². The third-order valence-electron chi connectivity index (χ3n) is 4.00. The van der Waals surface area contributed by atoms with Gasteiger partial charge >= 0.3 is 5.97 Å². The molecule has 0 radical (unpaired) electrons. The van der Waals surface area contributed by atoms with Crippen LogP contribution in [0.15, 0.2) is 42.5 Å². The number of esters is 1. The summed E-state index contributed by atoms with van der Waals surface area (Å²) in [4.78, 5) is 24.9. The van der Waals surface area contributed by atoms with Crippen molar-refractivity contribution in [2.45, 2.75) is 12.5 Å². The van der Waals surface area contributed by atoms with Crippen molar-refractivity contribution in [3.05, 3.63) is 53.6 Å². The van der Waals surface area contributed by atoms with E-state index in [0.717, 1.165) is 5.56 Å². The van der Waals surface area contributed by atoms with Crippen LogP contribution in [0.4, 0.5) is 0 Å². The van der Waals surface area contributed by atoms with Crippen LogP contribution in [0.2, 0.25) is 0 Å². The molecule has 0 aromatic heterocycles. The average Bonchev–Trinajstić information content (AvgIpc) is 2.71. The number of hydrogen-bond acceptors (Lipinski definition) is 6. The summed E-state index contributed by atoms with van der Waals surface area (Å²) in [6, 6.07) is 11.6. The van der Waals surface area contributed by atoms with Crippen molar-refractivity contribution in [3.63, 3.8) is 0 Å². The summed E-state index contributed by atoms with van der Waals surface area (Å²) in [5.74, 6) is 0.0879. The van der Waals surface area contributed by atoms with Crippen LogP contribution in [0.3, 0.4) is 0 Å². The van der Waals surface area contributed by atoms with E-state index in [1.165, 1.54) is 40.6 Å². The van der Waals surface area contributed by atoms with Gasteiger partial charge < -0.3 is 24.3 Å². The summed E-state index contributed by atoms with van der Waals surface area (Å²) in [6.07, 6.45) is 0.309. The molecule has 0 aliphatic carbocycles. The molecule has 7 heteroatoms. The van der Waals surface area contributed by atoms with Gasteiger partial charge in [-0.15, -0.1) is 0 Å². The molecule has 1 atom stereocenters. The Morgan fingerprint density at radius 2 is 1.52 bits per heavy atom. The van der Waals surface area contributed by atoms with E-state index in [1.807, 2.05) is 30.3 Å². The Kier molecular flexibility index (Phi) is 7.05. The molecule has 1 N–H and O–H groups in total. The maximum atomic E-state index is 12.7. The maximum Gasteiger partial charge on any atom is 0.328 e. The van der Waals surface area contributed by atoms with Gasteiger partial charge in [0, 0.05) is 12.0 Å². The van der Waals surface area contributed by atoms with E-state index in [2.05, 4.69) is 5.32 Å². The summed E-state index contributed by atoms with van der Waals surface area (Å²) >= 11 is 0. The normalized spacial score (nSPS) is 11.3. The third kappa shape index (κ3) is 4.91. The van der Waals surface area contributed by atoms with E-state index in [9.17, 15) is 9.59 Å². The van der Waals surface area contributed by atoms with Crippen LogP contribution in [0.1, 0.15) is 15.9 Å². The summed E-state index contributed by atoms with van der Waals surface area (Å²) in [5.41, 5.74) is 1.17. The van der Waals surface area contributed by atoms with E-state index < -0.39 is 17.9 Å². The van der Waals surface area contributed by atoms with Crippen LogP contribution in [-0.4, -0.2) is 46.4 Å². The van der Waals surface area contributed by atoms with E-state index >= 15 is 0 Å². The van der Waals surface area contributed by atoms with Gasteiger partial charge in [0.25, 0.3) is 5.91 Å². The van der Waals surface area contributed by atoms with Crippen LogP contribution in [0.25, 0.3) is 0 Å². The van der Waals surface area contributed by atoms with Gasteiger partial charge in [-0.2, -0.15) is 0 Å². The molecule has 0 saturated carbocycles. The van der Waals surface area contributed by atoms with Gasteiger partial charge in [-0.05, 0) is 17.7 Å². The molecule has 27 heavy (non-hydrogen) atoms. The lowest BCUT2D eigenvalue weighted by Gasteiger charge is -2.18. The first-order chi connectivity index (χ1) is 13.0. The molecule has 0 bridgehead atoms. The third-order valence-corrected chi connectivity index (χ3v) is 4.00. The van der Waals surface area contributed by atoms with Crippen molar-refractivity contribution < 1.29 is 28.5 Å². The van der Waals surface area contributed by atoms with Crippen molar-refractivity contribution in [3.8, 4) is 17.2 Å². The number of benzene rings is 2. The van der Waals surface area contributed by atoms with Gasteiger partial charge in [-0.1, -0.05) is 30.3 Å². The summed E-state index contributed by atoms with van der Waals surface area (Å²) in [6.45, 7) is 0. The molecule has 0 aliphatic rings. The Labute approximate surface area is 158 Å². The van der Waals surface area contributed by atoms with E-state index in [-0.39, 0.29) is 5.56 Å². The smallest absolute Gasteiger partial charge is 0.328 e. The zero-order valence-electron chi connectivity index (χ0n) is 15.8. The fraction of sp³-hybridized carbons (Fsp3) is 0.300. The molecular formula is C20H23NO6. The summed E-state index contributed by atoms with van der Waals surface area (Å²) in [7, 11) is 5.69. The van der Waals surface area contributed by atoms with Gasteiger partial charge in [0.1, 0.15) is 6.04 Å². The number of amides is 1. The SMILES string of the molecule is COC(=O)[C@H](Cc1ccccc1)NC(=O)c1cc(OC)c(OC)c(OC)c1. The first-order valence-corrected chi connectivity index (χ1v) is 8.26. The Morgan fingerprint density at radius 3 is 2.00 bits per heavy atom. The first-order valence-electron chi connectivity index (χ1n) is 8.26. The van der Waals surface area contributed by atoms with Crippen molar-refractivity contribution in [1.82, 2.24) is 5.32 Å². The number of methoxy groups -OCH3 is 4. The Bertz CT molecular complexity index is 765. The second kappa shape index (κ2) is 9.47. The second-order valence-corrected chi connectivity index (χ2v) is 5.65. The molecule has 0 unspecified atom stereocenters. The molecule has 144 valence electrons. The molecule has 2 aromatic carbocycles. The van der Waals surface area contributed by atoms with E-state index in [0.29, 0.717) is 23.7 Å². The van der Waals surface area contributed by atoms with Gasteiger partial charge in [-0.25, -0.2) is 4.79 Å². The summed E-state index contributed by atoms with van der Waals surface area (Å²) in [5, 5.41) is 2.71. The molecule has 2 rings (SSSR count). The maximum absolute atomic E-state index is 12.7. The Morgan fingerprint density at radius 1 is 0.926 bits per heavy atom. The zero-order valence-corrected chi connectivity index (χ0v) is 15.8. The lowest BCUT2D eigenvalue weighted by atomic mass is 10.1. The van der Waals surface area contributed by atoms with Crippen molar-refractivity contribution >= 4 is 11.9 Å². The van der Waals surface area contributed by atoms with Crippen LogP contribution >= 0.6 is 0 Å². The van der Waals surface area contributed by atoms with Crippen molar-refractivity contribution in [2.75, 3.05) is 28.4 Å². The molecule has 1 amide bonds. The van der Waals surface area contributed by atoms with E-state index in [4.69, 9.17) is 18.9 Å². The van der Waals surface area contributed by atoms with Crippen LogP contribution in [-0.2, 0) is 16.0 Å². The number of rotatable bonds is 8. The number of hydrogen-bond donors (Lipinski definition) is 1. The highest BCUT2D eigenvalue weighted by Crippen LogP contribution is 2.38. The van der Waals surface area contributed by atoms with Gasteiger partial charge in [0.05, 0.1) is 28.4 Å². The lowest BCUT2D eigenvalue weighted by molar-refractivity contribution is -0.142. The van der Waals surface area contributed by atoms with Gasteiger partial charge in [-0.3, -0.25) is 4.79 Å². The minimum atomic E-state index is -0.830. The Balaban J connectivity index is 2.27. The van der Waals surface area contributed by atoms with Crippen molar-refractivity contribution in [1.29, 1.82) is 0 Å². The molecule has 0 saturated heterocycles. The zero-order chi connectivity index (χ0) is 19.8. The number of carbonyl (C=O) groups excluding carboxylic acids is 2. The highest BCUT2D eigenvalue weighted by molar-refractivity contribution is 5.98. The fourth-order valence-corrected chi connectivity index (χ4v) is 2.64. The molecular weight excluding hydrogens is 350 g/mol. The predicted molar refractivity (Wildman–Crippen MR) is 99.5 cm³/mol. The van der Waals surface area contributed by atoms with E-state index in [1.54, 1.807) is 0 Å². The van der Waals surface area contributed by atoms with Crippen LogP contribution in [0, 0.1) is 0 Å². The molecule has 0 fully saturated rings. The highest BCUT2D eigenvalue weighted by atomic mass is 16.5. The second-order valence-electron chi connectivity index (χ2n) is 5.65. The largest absolute Gasteiger partial charge is 0.493 e. The quantitative estimate of drug-likeness (QED) is 0.715. The van der Waals surface area contributed by atoms with Gasteiger partial charge in [0.2, 0.25) is 5.75 Å². The van der Waals surface area contributed by atoms with Crippen molar-refractivity contribution in [2.24, 2.45) is 0 Å². The lowest BCUT2D eigenvalue weighted by Crippen LogP contribution is -2.43. The minimum Gasteiger partial charge on any atom is -0.493 e. The minimum absolute atomic E-state index is 0.270. The standard InChI is InChI=1S/C20H23NO6/c1-24-16-11-14(12-17(25-2)18(16)26-3)19(22)21-15(20(23)27-4)10-13-8-6-5-7-9-13/h5-9,11-12,15H,10H2,1-4H3,(H,21,22)/t15-/m0/s1. The highest BCUT2D eigenvalue weighted by Gasteiger charge is 2.24. The first kappa shape index (κ1) is 20.1. The van der Waals surface area contributed by atoms with Gasteiger partial charge in [0.15, 0.2) is 11.5 Å². The molecule has 0 heterocycles. The summed E-state index contributed by atoms with van der Waals surface area (Å²) < 4.78 is 20.6. The monoisotopic (exact) mass is 373 g/mol. The molecule has 0 aliphatic heterocycles.